The van der Waals surface area contributed by atoms with E-state index in [9.17, 15) is 13.7 Å². The summed E-state index contributed by atoms with van der Waals surface area (Å²) >= 11 is 0.609. The zero-order valence-electron chi connectivity index (χ0n) is 17.9. The predicted molar refractivity (Wildman–Crippen MR) is 130 cm³/mol. The van der Waals surface area contributed by atoms with Crippen LogP contribution in [-0.2, 0) is 11.2 Å². The Kier molecular flexibility index (Phi) is 6.09. The molecule has 1 atom stereocenters. The third-order valence-corrected chi connectivity index (χ3v) is 7.55. The number of rotatable bonds is 4. The van der Waals surface area contributed by atoms with Crippen LogP contribution in [0.1, 0.15) is 10.4 Å². The van der Waals surface area contributed by atoms with E-state index in [2.05, 4.69) is 9.97 Å². The summed E-state index contributed by atoms with van der Waals surface area (Å²) in [5.74, 6) is 1.87. The number of benzene rings is 2. The maximum atomic E-state index is 14.1. The van der Waals surface area contributed by atoms with Crippen molar-refractivity contribution in [2.45, 2.75) is 4.90 Å². The van der Waals surface area contributed by atoms with Gasteiger partial charge in [0.25, 0.3) is 5.91 Å². The average Bonchev–Trinajstić information content (AvgIpc) is 3.24. The first-order valence-electron chi connectivity index (χ1n) is 10.5. The lowest BCUT2D eigenvalue weighted by Crippen LogP contribution is -2.37. The molecule has 1 saturated heterocycles. The molecule has 1 aliphatic rings. The van der Waals surface area contributed by atoms with E-state index in [0.29, 0.717) is 33.1 Å². The van der Waals surface area contributed by atoms with Crippen LogP contribution >= 0.6 is 11.8 Å². The summed E-state index contributed by atoms with van der Waals surface area (Å²) in [6.45, 7) is 1.46. The third-order valence-electron chi connectivity index (χ3n) is 5.66. The SMILES string of the molecule is C[S+]([O-])c1cn(-c2ncc(-c3ccccc3F)cn2)c2cc(C(=O)N3CCSCC3)ccc12. The van der Waals surface area contributed by atoms with Crippen molar-refractivity contribution < 1.29 is 13.7 Å². The van der Waals surface area contributed by atoms with E-state index in [1.165, 1.54) is 6.07 Å². The average molecular weight is 481 g/mol. The summed E-state index contributed by atoms with van der Waals surface area (Å²) < 4.78 is 28.3. The van der Waals surface area contributed by atoms with Crippen LogP contribution in [0.2, 0.25) is 0 Å². The summed E-state index contributed by atoms with van der Waals surface area (Å²) in [4.78, 5) is 24.4. The van der Waals surface area contributed by atoms with Gasteiger partial charge in [0.05, 0.1) is 17.1 Å². The zero-order chi connectivity index (χ0) is 22.9. The minimum absolute atomic E-state index is 0.0139. The Bertz CT molecular complexity index is 1320. The molecule has 1 fully saturated rings. The van der Waals surface area contributed by atoms with E-state index in [4.69, 9.17) is 0 Å². The van der Waals surface area contributed by atoms with E-state index < -0.39 is 11.2 Å². The van der Waals surface area contributed by atoms with Crippen molar-refractivity contribution in [3.05, 3.63) is 72.4 Å². The monoisotopic (exact) mass is 480 g/mol. The molecule has 0 aliphatic carbocycles. The fourth-order valence-corrected chi connectivity index (χ4v) is 5.59. The first-order valence-corrected chi connectivity index (χ1v) is 13.2. The second-order valence-corrected chi connectivity index (χ2v) is 10.3. The lowest BCUT2D eigenvalue weighted by atomic mass is 10.1. The number of nitrogens with zero attached hydrogens (tertiary/aromatic N) is 4. The van der Waals surface area contributed by atoms with Gasteiger partial charge in [0.1, 0.15) is 12.1 Å². The van der Waals surface area contributed by atoms with Crippen LogP contribution < -0.4 is 0 Å². The van der Waals surface area contributed by atoms with E-state index in [-0.39, 0.29) is 11.7 Å². The molecule has 1 unspecified atom stereocenters. The minimum Gasteiger partial charge on any atom is -0.612 e. The van der Waals surface area contributed by atoms with Gasteiger partial charge in [0, 0.05) is 53.7 Å². The number of carbonyl (C=O) groups excluding carboxylic acids is 1. The van der Waals surface area contributed by atoms with Crippen molar-refractivity contribution >= 4 is 39.7 Å². The van der Waals surface area contributed by atoms with Crippen LogP contribution in [0.5, 0.6) is 0 Å². The van der Waals surface area contributed by atoms with Crippen molar-refractivity contribution in [1.82, 2.24) is 19.4 Å². The molecule has 0 spiro atoms. The summed E-state index contributed by atoms with van der Waals surface area (Å²) in [5.41, 5.74) is 2.26. The maximum absolute atomic E-state index is 14.1. The molecule has 168 valence electrons. The van der Waals surface area contributed by atoms with Crippen molar-refractivity contribution in [1.29, 1.82) is 0 Å². The normalized spacial score (nSPS) is 15.1. The standard InChI is InChI=1S/C24H21FN4O2S2/c1-33(31)22-15-29(24-26-13-17(14-27-24)18-4-2-3-5-20(18)25)21-12-16(6-7-19(21)22)23(30)28-8-10-32-11-9-28/h2-7,12-15H,8-11H2,1H3. The molecule has 4 aromatic rings. The molecule has 0 bridgehead atoms. The third kappa shape index (κ3) is 4.23. The molecule has 33 heavy (non-hydrogen) atoms. The molecule has 5 rings (SSSR count). The van der Waals surface area contributed by atoms with Gasteiger partial charge in [-0.05, 0) is 35.4 Å². The van der Waals surface area contributed by atoms with Crippen molar-refractivity contribution in [2.24, 2.45) is 0 Å². The summed E-state index contributed by atoms with van der Waals surface area (Å²) in [5, 5.41) is 0.781. The van der Waals surface area contributed by atoms with Crippen LogP contribution in [0.15, 0.2) is 66.0 Å². The van der Waals surface area contributed by atoms with Crippen molar-refractivity contribution in [3.8, 4) is 17.1 Å². The Hall–Kier alpha value is -2.88. The highest BCUT2D eigenvalue weighted by molar-refractivity contribution is 7.99. The van der Waals surface area contributed by atoms with E-state index in [1.54, 1.807) is 53.7 Å². The largest absolute Gasteiger partial charge is 0.612 e. The zero-order valence-corrected chi connectivity index (χ0v) is 19.5. The van der Waals surface area contributed by atoms with Gasteiger partial charge in [-0.25, -0.2) is 14.4 Å². The van der Waals surface area contributed by atoms with Crippen molar-refractivity contribution in [3.63, 3.8) is 0 Å². The van der Waals surface area contributed by atoms with Gasteiger partial charge in [-0.1, -0.05) is 18.2 Å². The van der Waals surface area contributed by atoms with Gasteiger partial charge in [-0.15, -0.1) is 0 Å². The molecule has 3 heterocycles. The number of amides is 1. The second kappa shape index (κ2) is 9.17. The Morgan fingerprint density at radius 3 is 2.55 bits per heavy atom. The van der Waals surface area contributed by atoms with Crippen LogP contribution in [-0.4, -0.2) is 60.7 Å². The van der Waals surface area contributed by atoms with Gasteiger partial charge in [-0.2, -0.15) is 11.8 Å². The van der Waals surface area contributed by atoms with Crippen LogP contribution in [0.4, 0.5) is 4.39 Å². The Labute approximate surface area is 198 Å². The first-order chi connectivity index (χ1) is 16.0. The fourth-order valence-electron chi connectivity index (χ4n) is 3.95. The van der Waals surface area contributed by atoms with Gasteiger partial charge < -0.3 is 9.45 Å². The molecule has 1 amide bonds. The van der Waals surface area contributed by atoms with Crippen LogP contribution in [0.25, 0.3) is 28.0 Å². The number of fused-ring (bicyclic) bond motifs is 1. The van der Waals surface area contributed by atoms with Crippen LogP contribution in [0.3, 0.4) is 0 Å². The highest BCUT2D eigenvalue weighted by Gasteiger charge is 2.23. The second-order valence-electron chi connectivity index (χ2n) is 7.71. The molecule has 6 nitrogen and oxygen atoms in total. The molecular formula is C24H21FN4O2S2. The number of halogens is 1. The molecule has 1 aliphatic heterocycles. The predicted octanol–water partition coefficient (Wildman–Crippen LogP) is 4.15. The highest BCUT2D eigenvalue weighted by atomic mass is 32.2. The molecule has 0 saturated carbocycles. The number of aromatic nitrogens is 3. The number of hydrogen-bond acceptors (Lipinski definition) is 5. The van der Waals surface area contributed by atoms with E-state index in [1.807, 2.05) is 28.8 Å². The van der Waals surface area contributed by atoms with Gasteiger partial charge in [0.2, 0.25) is 5.95 Å². The molecule has 0 N–H and O–H groups in total. The summed E-state index contributed by atoms with van der Waals surface area (Å²) in [7, 11) is 0. The Balaban J connectivity index is 1.56. The molecular weight excluding hydrogens is 459 g/mol. The fraction of sp³-hybridized carbons (Fsp3) is 0.208. The Morgan fingerprint density at radius 1 is 1.12 bits per heavy atom. The van der Waals surface area contributed by atoms with Crippen LogP contribution in [0, 0.1) is 5.82 Å². The van der Waals surface area contributed by atoms with Gasteiger partial charge >= 0.3 is 0 Å². The highest BCUT2D eigenvalue weighted by Crippen LogP contribution is 2.29. The topological polar surface area (TPSA) is 74.1 Å². The van der Waals surface area contributed by atoms with Crippen molar-refractivity contribution in [2.75, 3.05) is 30.9 Å². The molecule has 2 aromatic carbocycles. The van der Waals surface area contributed by atoms with E-state index in [0.717, 1.165) is 30.0 Å². The summed E-state index contributed by atoms with van der Waals surface area (Å²) in [6, 6.07) is 11.9. The summed E-state index contributed by atoms with van der Waals surface area (Å²) in [6.07, 6.45) is 6.49. The quantitative estimate of drug-likeness (QED) is 0.410. The smallest absolute Gasteiger partial charge is 0.253 e. The lowest BCUT2D eigenvalue weighted by molar-refractivity contribution is 0.0772. The lowest BCUT2D eigenvalue weighted by Gasteiger charge is -2.26. The first kappa shape index (κ1) is 21.9. The van der Waals surface area contributed by atoms with E-state index >= 15 is 0 Å². The number of carbonyl (C=O) groups is 1. The molecule has 2 aromatic heterocycles. The number of hydrogen-bond donors (Lipinski definition) is 0. The molecule has 9 heteroatoms. The number of thioether (sulfide) groups is 1. The minimum atomic E-state index is -1.24. The maximum Gasteiger partial charge on any atom is 0.253 e. The Morgan fingerprint density at radius 2 is 1.85 bits per heavy atom. The molecule has 0 radical (unpaired) electrons. The van der Waals surface area contributed by atoms with Gasteiger partial charge in [0.15, 0.2) is 4.90 Å². The van der Waals surface area contributed by atoms with Gasteiger partial charge in [-0.3, -0.25) is 9.36 Å².